The van der Waals surface area contributed by atoms with Crippen LogP contribution in [0.25, 0.3) is 10.9 Å². The lowest BCUT2D eigenvalue weighted by Crippen LogP contribution is -2.48. The molecule has 0 radical (unpaired) electrons. The molecule has 2 heterocycles. The number of ether oxygens (including phenoxy) is 1. The van der Waals surface area contributed by atoms with Crippen LogP contribution in [0.4, 0.5) is 0 Å². The van der Waals surface area contributed by atoms with Gasteiger partial charge in [-0.25, -0.2) is 0 Å². The average Bonchev–Trinajstić information content (AvgIpc) is 2.73. The van der Waals surface area contributed by atoms with Gasteiger partial charge in [-0.15, -0.1) is 0 Å². The molecule has 2 aromatic carbocycles. The second-order valence-corrected chi connectivity index (χ2v) is 7.96. The van der Waals surface area contributed by atoms with Gasteiger partial charge >= 0.3 is 0 Å². The minimum absolute atomic E-state index is 0.0265. The number of pyridine rings is 1. The third kappa shape index (κ3) is 4.09. The van der Waals surface area contributed by atoms with Gasteiger partial charge in [0.25, 0.3) is 5.91 Å². The molecule has 4 rings (SSSR count). The Labute approximate surface area is 176 Å². The molecule has 6 heteroatoms. The Kier molecular flexibility index (Phi) is 5.59. The molecular formula is C24H27N3O3. The SMILES string of the molecule is COc1cccc(C(=O)N2CCN(Cc3cc(=O)c4c(C)cc(C)cc4[nH]3)CC2)c1. The van der Waals surface area contributed by atoms with Crippen molar-refractivity contribution in [2.24, 2.45) is 0 Å². The summed E-state index contributed by atoms with van der Waals surface area (Å²) in [6.45, 7) is 7.53. The third-order valence-corrected chi connectivity index (χ3v) is 5.70. The normalized spacial score (nSPS) is 14.8. The van der Waals surface area contributed by atoms with E-state index in [9.17, 15) is 9.59 Å². The molecule has 0 bridgehead atoms. The van der Waals surface area contributed by atoms with Crippen LogP contribution in [0, 0.1) is 13.8 Å². The highest BCUT2D eigenvalue weighted by Gasteiger charge is 2.22. The van der Waals surface area contributed by atoms with Crippen molar-refractivity contribution >= 4 is 16.8 Å². The largest absolute Gasteiger partial charge is 0.497 e. The Balaban J connectivity index is 1.43. The smallest absolute Gasteiger partial charge is 0.254 e. The molecule has 3 aromatic rings. The van der Waals surface area contributed by atoms with Crippen LogP contribution < -0.4 is 10.2 Å². The molecule has 30 heavy (non-hydrogen) atoms. The van der Waals surface area contributed by atoms with Crippen molar-refractivity contribution in [2.75, 3.05) is 33.3 Å². The predicted octanol–water partition coefficient (Wildman–Crippen LogP) is 3.11. The van der Waals surface area contributed by atoms with Crippen molar-refractivity contribution in [1.29, 1.82) is 0 Å². The first-order chi connectivity index (χ1) is 14.4. The molecule has 0 unspecified atom stereocenters. The lowest BCUT2D eigenvalue weighted by molar-refractivity contribution is 0.0627. The summed E-state index contributed by atoms with van der Waals surface area (Å²) in [7, 11) is 1.60. The van der Waals surface area contributed by atoms with Crippen LogP contribution in [0.5, 0.6) is 5.75 Å². The Morgan fingerprint density at radius 2 is 1.83 bits per heavy atom. The Hall–Kier alpha value is -3.12. The number of hydrogen-bond donors (Lipinski definition) is 1. The number of carbonyl (C=O) groups is 1. The molecule has 1 aromatic heterocycles. The van der Waals surface area contributed by atoms with Crippen molar-refractivity contribution in [1.82, 2.24) is 14.8 Å². The highest BCUT2D eigenvalue weighted by molar-refractivity contribution is 5.94. The number of fused-ring (bicyclic) bond motifs is 1. The van der Waals surface area contributed by atoms with Gasteiger partial charge in [-0.1, -0.05) is 12.1 Å². The lowest BCUT2D eigenvalue weighted by Gasteiger charge is -2.34. The molecule has 6 nitrogen and oxygen atoms in total. The summed E-state index contributed by atoms with van der Waals surface area (Å²) >= 11 is 0. The van der Waals surface area contributed by atoms with Gasteiger partial charge in [-0.2, -0.15) is 0 Å². The third-order valence-electron chi connectivity index (χ3n) is 5.70. The van der Waals surface area contributed by atoms with Crippen molar-refractivity contribution < 1.29 is 9.53 Å². The second kappa shape index (κ2) is 8.32. The fourth-order valence-electron chi connectivity index (χ4n) is 4.21. The van der Waals surface area contributed by atoms with Crippen molar-refractivity contribution in [2.45, 2.75) is 20.4 Å². The molecule has 1 amide bonds. The highest BCUT2D eigenvalue weighted by atomic mass is 16.5. The molecule has 0 saturated carbocycles. The summed E-state index contributed by atoms with van der Waals surface area (Å²) in [6.07, 6.45) is 0. The zero-order valence-corrected chi connectivity index (χ0v) is 17.7. The van der Waals surface area contributed by atoms with E-state index >= 15 is 0 Å². The minimum atomic E-state index is 0.0265. The summed E-state index contributed by atoms with van der Waals surface area (Å²) in [5.41, 5.74) is 4.64. The Morgan fingerprint density at radius 3 is 2.57 bits per heavy atom. The predicted molar refractivity (Wildman–Crippen MR) is 118 cm³/mol. The van der Waals surface area contributed by atoms with Crippen LogP contribution in [-0.4, -0.2) is 54.0 Å². The van der Waals surface area contributed by atoms with E-state index in [1.807, 2.05) is 49.1 Å². The molecule has 1 aliphatic rings. The topological polar surface area (TPSA) is 65.6 Å². The van der Waals surface area contributed by atoms with Gasteiger partial charge in [0, 0.05) is 55.4 Å². The van der Waals surface area contributed by atoms with Gasteiger partial charge in [0.15, 0.2) is 5.43 Å². The molecule has 156 valence electrons. The number of hydrogen-bond acceptors (Lipinski definition) is 4. The zero-order valence-electron chi connectivity index (χ0n) is 17.7. The first-order valence-electron chi connectivity index (χ1n) is 10.2. The van der Waals surface area contributed by atoms with E-state index in [0.717, 1.165) is 40.8 Å². The molecular weight excluding hydrogens is 378 g/mol. The number of nitrogens with zero attached hydrogens (tertiary/aromatic N) is 2. The molecule has 1 fully saturated rings. The molecule has 0 spiro atoms. The van der Waals surface area contributed by atoms with Crippen molar-refractivity contribution in [3.05, 3.63) is 75.1 Å². The number of aromatic nitrogens is 1. The number of aromatic amines is 1. The number of nitrogens with one attached hydrogen (secondary N) is 1. The number of piperazine rings is 1. The zero-order chi connectivity index (χ0) is 21.3. The van der Waals surface area contributed by atoms with E-state index in [0.29, 0.717) is 30.9 Å². The standard InChI is InChI=1S/C24H27N3O3/c1-16-11-17(2)23-21(12-16)25-19(14-22(23)28)15-26-7-9-27(10-8-26)24(29)18-5-4-6-20(13-18)30-3/h4-6,11-14H,7-10,15H2,1-3H3,(H,25,28). The molecule has 0 atom stereocenters. The summed E-state index contributed by atoms with van der Waals surface area (Å²) in [5.74, 6) is 0.712. The number of rotatable bonds is 4. The molecule has 1 N–H and O–H groups in total. The van der Waals surface area contributed by atoms with E-state index in [1.54, 1.807) is 19.2 Å². The summed E-state index contributed by atoms with van der Waals surface area (Å²) in [5, 5.41) is 0.762. The monoisotopic (exact) mass is 405 g/mol. The highest BCUT2D eigenvalue weighted by Crippen LogP contribution is 2.18. The first kappa shape index (κ1) is 20.2. The maximum atomic E-state index is 12.8. The van der Waals surface area contributed by atoms with Gasteiger partial charge in [0.2, 0.25) is 0 Å². The Bertz CT molecular complexity index is 1140. The van der Waals surface area contributed by atoms with Gasteiger partial charge in [-0.3, -0.25) is 14.5 Å². The number of amides is 1. The number of methoxy groups -OCH3 is 1. The number of benzene rings is 2. The number of H-pyrrole nitrogens is 1. The van der Waals surface area contributed by atoms with Crippen molar-refractivity contribution in [3.63, 3.8) is 0 Å². The van der Waals surface area contributed by atoms with Crippen LogP contribution in [0.3, 0.4) is 0 Å². The average molecular weight is 405 g/mol. The van der Waals surface area contributed by atoms with Gasteiger partial charge in [0.1, 0.15) is 5.75 Å². The maximum absolute atomic E-state index is 12.8. The van der Waals surface area contributed by atoms with Crippen LogP contribution in [-0.2, 0) is 6.54 Å². The van der Waals surface area contributed by atoms with Crippen LogP contribution in [0.2, 0.25) is 0 Å². The van der Waals surface area contributed by atoms with E-state index in [1.165, 1.54) is 0 Å². The number of carbonyl (C=O) groups excluding carboxylic acids is 1. The van der Waals surface area contributed by atoms with Crippen molar-refractivity contribution in [3.8, 4) is 5.75 Å². The summed E-state index contributed by atoms with van der Waals surface area (Å²) < 4.78 is 5.22. The van der Waals surface area contributed by atoms with E-state index in [-0.39, 0.29) is 11.3 Å². The van der Waals surface area contributed by atoms with E-state index in [4.69, 9.17) is 4.74 Å². The van der Waals surface area contributed by atoms with Crippen LogP contribution in [0.1, 0.15) is 27.2 Å². The summed E-state index contributed by atoms with van der Waals surface area (Å²) in [4.78, 5) is 33.0. The molecule has 0 aliphatic carbocycles. The molecule has 1 aliphatic heterocycles. The number of aryl methyl sites for hydroxylation is 2. The van der Waals surface area contributed by atoms with E-state index in [2.05, 4.69) is 9.88 Å². The van der Waals surface area contributed by atoms with Gasteiger partial charge < -0.3 is 14.6 Å². The first-order valence-corrected chi connectivity index (χ1v) is 10.2. The van der Waals surface area contributed by atoms with Gasteiger partial charge in [-0.05, 0) is 49.2 Å². The van der Waals surface area contributed by atoms with Crippen LogP contribution in [0.15, 0.2) is 47.3 Å². The van der Waals surface area contributed by atoms with Crippen LogP contribution >= 0.6 is 0 Å². The molecule has 1 saturated heterocycles. The summed E-state index contributed by atoms with van der Waals surface area (Å²) in [6, 6.07) is 13.0. The fourth-order valence-corrected chi connectivity index (χ4v) is 4.21. The van der Waals surface area contributed by atoms with E-state index < -0.39 is 0 Å². The maximum Gasteiger partial charge on any atom is 0.254 e. The Morgan fingerprint density at radius 1 is 1.07 bits per heavy atom. The fraction of sp³-hybridized carbons (Fsp3) is 0.333. The van der Waals surface area contributed by atoms with Gasteiger partial charge in [0.05, 0.1) is 12.6 Å². The second-order valence-electron chi connectivity index (χ2n) is 7.96. The quantitative estimate of drug-likeness (QED) is 0.724. The lowest BCUT2D eigenvalue weighted by atomic mass is 10.1. The minimum Gasteiger partial charge on any atom is -0.497 e.